The Balaban J connectivity index is 2.55. The molecular weight excluding hydrogens is 136 g/mol. The van der Waals surface area contributed by atoms with Gasteiger partial charge in [0.15, 0.2) is 0 Å². The molecule has 1 nitrogen and oxygen atoms in total. The van der Waals surface area contributed by atoms with E-state index in [4.69, 9.17) is 4.74 Å². The van der Waals surface area contributed by atoms with E-state index in [1.807, 2.05) is 0 Å². The predicted molar refractivity (Wildman–Crippen MR) is 47.6 cm³/mol. The van der Waals surface area contributed by atoms with E-state index in [1.165, 1.54) is 24.8 Å². The highest BCUT2D eigenvalue weighted by atomic mass is 16.5. The lowest BCUT2D eigenvalue weighted by Gasteiger charge is -2.26. The van der Waals surface area contributed by atoms with Gasteiger partial charge >= 0.3 is 0 Å². The van der Waals surface area contributed by atoms with Gasteiger partial charge in [-0.25, -0.2) is 0 Å². The van der Waals surface area contributed by atoms with Crippen molar-refractivity contribution in [3.05, 3.63) is 11.6 Å². The molecule has 1 rings (SSSR count). The van der Waals surface area contributed by atoms with Crippen LogP contribution in [-0.4, -0.2) is 13.2 Å². The minimum absolute atomic E-state index is 0.395. The Kier molecular flexibility index (Phi) is 3.13. The Hall–Kier alpha value is -0.300. The van der Waals surface area contributed by atoms with Crippen LogP contribution in [0.5, 0.6) is 0 Å². The lowest BCUT2D eigenvalue weighted by atomic mass is 9.85. The van der Waals surface area contributed by atoms with Gasteiger partial charge in [0, 0.05) is 13.0 Å². The summed E-state index contributed by atoms with van der Waals surface area (Å²) in [5, 5.41) is 0. The van der Waals surface area contributed by atoms with Crippen LogP contribution >= 0.6 is 0 Å². The van der Waals surface area contributed by atoms with Gasteiger partial charge in [-0.05, 0) is 33.1 Å². The Morgan fingerprint density at radius 2 is 2.36 bits per heavy atom. The van der Waals surface area contributed by atoms with Crippen LogP contribution in [0, 0.1) is 5.92 Å². The van der Waals surface area contributed by atoms with Gasteiger partial charge in [0.2, 0.25) is 0 Å². The van der Waals surface area contributed by atoms with Crippen LogP contribution in [0.15, 0.2) is 11.6 Å². The highest BCUT2D eigenvalue weighted by molar-refractivity contribution is 5.08. The van der Waals surface area contributed by atoms with Crippen LogP contribution in [-0.2, 0) is 4.74 Å². The molecule has 1 aliphatic rings. The van der Waals surface area contributed by atoms with Crippen molar-refractivity contribution < 1.29 is 4.74 Å². The first-order valence-electron chi connectivity index (χ1n) is 4.45. The Labute approximate surface area is 69.4 Å². The van der Waals surface area contributed by atoms with Gasteiger partial charge in [-0.1, -0.05) is 11.6 Å². The quantitative estimate of drug-likeness (QED) is 0.556. The Bertz CT molecular complexity index is 149. The summed E-state index contributed by atoms with van der Waals surface area (Å²) in [5.41, 5.74) is 1.52. The van der Waals surface area contributed by atoms with Gasteiger partial charge in [0.1, 0.15) is 0 Å². The van der Waals surface area contributed by atoms with Crippen molar-refractivity contribution in [2.24, 2.45) is 5.92 Å². The summed E-state index contributed by atoms with van der Waals surface area (Å²) in [5.74, 6) is 0.675. The zero-order chi connectivity index (χ0) is 8.27. The molecule has 0 radical (unpaired) electrons. The summed E-state index contributed by atoms with van der Waals surface area (Å²) in [4.78, 5) is 0. The van der Waals surface area contributed by atoms with Crippen LogP contribution < -0.4 is 0 Å². The minimum Gasteiger partial charge on any atom is -0.381 e. The van der Waals surface area contributed by atoms with Crippen LogP contribution in [0.4, 0.5) is 0 Å². The summed E-state index contributed by atoms with van der Waals surface area (Å²) in [6, 6.07) is 0. The third-order valence-electron chi connectivity index (χ3n) is 2.71. The SMILES string of the molecule is CO[C@H](C)[C@@H]1CCCC=C1C. The second-order valence-electron chi connectivity index (χ2n) is 3.43. The lowest BCUT2D eigenvalue weighted by molar-refractivity contribution is 0.0742. The molecular formula is C10H18O. The summed E-state index contributed by atoms with van der Waals surface area (Å²) in [7, 11) is 1.80. The maximum Gasteiger partial charge on any atom is 0.0608 e. The fourth-order valence-corrected chi connectivity index (χ4v) is 1.82. The number of allylic oxidation sites excluding steroid dienone is 1. The smallest absolute Gasteiger partial charge is 0.0608 e. The molecule has 0 bridgehead atoms. The first-order valence-corrected chi connectivity index (χ1v) is 4.45. The molecule has 1 heteroatoms. The molecule has 11 heavy (non-hydrogen) atoms. The number of methoxy groups -OCH3 is 1. The highest BCUT2D eigenvalue weighted by Crippen LogP contribution is 2.28. The van der Waals surface area contributed by atoms with Crippen LogP contribution in [0.1, 0.15) is 33.1 Å². The molecule has 64 valence electrons. The second-order valence-corrected chi connectivity index (χ2v) is 3.43. The molecule has 0 fully saturated rings. The average molecular weight is 154 g/mol. The minimum atomic E-state index is 0.395. The Morgan fingerprint density at radius 3 is 2.91 bits per heavy atom. The van der Waals surface area contributed by atoms with Crippen molar-refractivity contribution >= 4 is 0 Å². The molecule has 0 heterocycles. The molecule has 0 saturated heterocycles. The van der Waals surface area contributed by atoms with E-state index >= 15 is 0 Å². The molecule has 0 aromatic heterocycles. The molecule has 0 aliphatic heterocycles. The number of ether oxygens (including phenoxy) is 1. The Morgan fingerprint density at radius 1 is 1.64 bits per heavy atom. The number of hydrogen-bond donors (Lipinski definition) is 0. The topological polar surface area (TPSA) is 9.23 Å². The van der Waals surface area contributed by atoms with Crippen LogP contribution in [0.25, 0.3) is 0 Å². The van der Waals surface area contributed by atoms with Gasteiger partial charge < -0.3 is 4.74 Å². The number of rotatable bonds is 2. The van der Waals surface area contributed by atoms with E-state index < -0.39 is 0 Å². The molecule has 2 atom stereocenters. The maximum atomic E-state index is 5.32. The first-order chi connectivity index (χ1) is 5.25. The largest absolute Gasteiger partial charge is 0.381 e. The summed E-state index contributed by atoms with van der Waals surface area (Å²) in [6.07, 6.45) is 6.64. The van der Waals surface area contributed by atoms with E-state index in [0.717, 1.165) is 0 Å². The molecule has 0 aromatic rings. The van der Waals surface area contributed by atoms with Crippen molar-refractivity contribution in [1.82, 2.24) is 0 Å². The lowest BCUT2D eigenvalue weighted by Crippen LogP contribution is -2.22. The van der Waals surface area contributed by atoms with Crippen molar-refractivity contribution in [3.8, 4) is 0 Å². The molecule has 0 unspecified atom stereocenters. The third kappa shape index (κ3) is 2.06. The van der Waals surface area contributed by atoms with E-state index in [1.54, 1.807) is 7.11 Å². The van der Waals surface area contributed by atoms with Gasteiger partial charge in [0.05, 0.1) is 6.10 Å². The zero-order valence-electron chi connectivity index (χ0n) is 7.76. The first kappa shape index (κ1) is 8.79. The van der Waals surface area contributed by atoms with E-state index in [9.17, 15) is 0 Å². The molecule has 0 N–H and O–H groups in total. The van der Waals surface area contributed by atoms with E-state index in [-0.39, 0.29) is 0 Å². The van der Waals surface area contributed by atoms with Gasteiger partial charge in [-0.2, -0.15) is 0 Å². The fraction of sp³-hybridized carbons (Fsp3) is 0.800. The third-order valence-corrected chi connectivity index (χ3v) is 2.71. The van der Waals surface area contributed by atoms with Gasteiger partial charge in [-0.15, -0.1) is 0 Å². The second kappa shape index (κ2) is 3.91. The molecule has 0 spiro atoms. The molecule has 0 amide bonds. The monoisotopic (exact) mass is 154 g/mol. The molecule has 1 aliphatic carbocycles. The fourth-order valence-electron chi connectivity index (χ4n) is 1.82. The van der Waals surface area contributed by atoms with E-state index in [2.05, 4.69) is 19.9 Å². The van der Waals surface area contributed by atoms with Crippen molar-refractivity contribution in [2.75, 3.05) is 7.11 Å². The molecule has 0 saturated carbocycles. The number of hydrogen-bond acceptors (Lipinski definition) is 1. The van der Waals surface area contributed by atoms with Crippen molar-refractivity contribution in [2.45, 2.75) is 39.2 Å². The van der Waals surface area contributed by atoms with Crippen LogP contribution in [0.3, 0.4) is 0 Å². The van der Waals surface area contributed by atoms with Crippen molar-refractivity contribution in [1.29, 1.82) is 0 Å². The van der Waals surface area contributed by atoms with Crippen LogP contribution in [0.2, 0.25) is 0 Å². The summed E-state index contributed by atoms with van der Waals surface area (Å²) >= 11 is 0. The van der Waals surface area contributed by atoms with Gasteiger partial charge in [0.25, 0.3) is 0 Å². The zero-order valence-corrected chi connectivity index (χ0v) is 7.76. The summed E-state index contributed by atoms with van der Waals surface area (Å²) < 4.78 is 5.32. The molecule has 0 aromatic carbocycles. The summed E-state index contributed by atoms with van der Waals surface area (Å²) in [6.45, 7) is 4.38. The predicted octanol–water partition coefficient (Wildman–Crippen LogP) is 2.77. The normalized spacial score (nSPS) is 27.9. The van der Waals surface area contributed by atoms with E-state index in [0.29, 0.717) is 12.0 Å². The average Bonchev–Trinajstić information content (AvgIpc) is 2.04. The van der Waals surface area contributed by atoms with Crippen molar-refractivity contribution in [3.63, 3.8) is 0 Å². The maximum absolute atomic E-state index is 5.32. The highest BCUT2D eigenvalue weighted by Gasteiger charge is 2.20. The standard InChI is InChI=1S/C10H18O/c1-8-6-4-5-7-10(8)9(2)11-3/h6,9-10H,4-5,7H2,1-3H3/t9-,10-/m1/s1. The van der Waals surface area contributed by atoms with Gasteiger partial charge in [-0.3, -0.25) is 0 Å².